The third-order valence-corrected chi connectivity index (χ3v) is 5.78. The lowest BCUT2D eigenvalue weighted by molar-refractivity contribution is 0.0939. The van der Waals surface area contributed by atoms with E-state index in [1.807, 2.05) is 37.3 Å². The standard InChI is InChI=1S/C25H21FN4O3S/c1-16(17-5-3-2-4-6-17)27-23(31)18-7-11-20(12-8-18)28-24(32)25-30-29-22(34-25)15-33-21-13-9-19(26)10-14-21/h2-14,16H,15H2,1H3,(H,27,31)(H,28,32)/t16-/m0/s1. The van der Waals surface area contributed by atoms with Gasteiger partial charge in [0.2, 0.25) is 5.01 Å². The molecule has 2 amide bonds. The lowest BCUT2D eigenvalue weighted by Gasteiger charge is -2.14. The molecule has 0 aliphatic carbocycles. The first kappa shape index (κ1) is 23.1. The van der Waals surface area contributed by atoms with Gasteiger partial charge in [0, 0.05) is 11.3 Å². The van der Waals surface area contributed by atoms with Crippen molar-refractivity contribution in [2.75, 3.05) is 5.32 Å². The fourth-order valence-electron chi connectivity index (χ4n) is 3.07. The van der Waals surface area contributed by atoms with Crippen LogP contribution in [0.5, 0.6) is 5.75 Å². The van der Waals surface area contributed by atoms with Gasteiger partial charge in [0.25, 0.3) is 11.8 Å². The van der Waals surface area contributed by atoms with E-state index >= 15 is 0 Å². The van der Waals surface area contributed by atoms with Crippen molar-refractivity contribution in [3.63, 3.8) is 0 Å². The van der Waals surface area contributed by atoms with Crippen molar-refractivity contribution < 1.29 is 18.7 Å². The lowest BCUT2D eigenvalue weighted by Crippen LogP contribution is -2.26. The Hall–Kier alpha value is -4.11. The van der Waals surface area contributed by atoms with Gasteiger partial charge in [-0.2, -0.15) is 0 Å². The number of ether oxygens (including phenoxy) is 1. The molecule has 0 aliphatic heterocycles. The number of amides is 2. The summed E-state index contributed by atoms with van der Waals surface area (Å²) >= 11 is 1.10. The number of carbonyl (C=O) groups excluding carboxylic acids is 2. The van der Waals surface area contributed by atoms with Crippen LogP contribution in [0.1, 0.15) is 43.7 Å². The third-order valence-electron chi connectivity index (χ3n) is 4.89. The molecule has 0 saturated heterocycles. The molecule has 4 rings (SSSR count). The van der Waals surface area contributed by atoms with Crippen LogP contribution in [0.4, 0.5) is 10.1 Å². The molecule has 0 spiro atoms. The Balaban J connectivity index is 1.30. The van der Waals surface area contributed by atoms with Crippen LogP contribution in [0.25, 0.3) is 0 Å². The van der Waals surface area contributed by atoms with Gasteiger partial charge in [-0.1, -0.05) is 41.7 Å². The van der Waals surface area contributed by atoms with E-state index in [1.54, 1.807) is 24.3 Å². The molecule has 2 N–H and O–H groups in total. The van der Waals surface area contributed by atoms with Crippen LogP contribution in [-0.2, 0) is 6.61 Å². The number of rotatable bonds is 8. The van der Waals surface area contributed by atoms with Crippen molar-refractivity contribution in [3.05, 3.63) is 106 Å². The Morgan fingerprint density at radius 3 is 2.35 bits per heavy atom. The Morgan fingerprint density at radius 1 is 0.941 bits per heavy atom. The van der Waals surface area contributed by atoms with E-state index in [0.717, 1.165) is 16.9 Å². The van der Waals surface area contributed by atoms with E-state index in [2.05, 4.69) is 20.8 Å². The number of benzene rings is 3. The maximum Gasteiger partial charge on any atom is 0.286 e. The molecule has 3 aromatic carbocycles. The Bertz CT molecular complexity index is 1260. The minimum atomic E-state index is -0.416. The highest BCUT2D eigenvalue weighted by Crippen LogP contribution is 2.18. The van der Waals surface area contributed by atoms with Crippen LogP contribution >= 0.6 is 11.3 Å². The second-order valence-corrected chi connectivity index (χ2v) is 8.44. The van der Waals surface area contributed by atoms with Crippen molar-refractivity contribution in [2.24, 2.45) is 0 Å². The van der Waals surface area contributed by atoms with Gasteiger partial charge in [-0.05, 0) is 61.0 Å². The molecule has 34 heavy (non-hydrogen) atoms. The van der Waals surface area contributed by atoms with Gasteiger partial charge in [0.05, 0.1) is 6.04 Å². The SMILES string of the molecule is C[C@H](NC(=O)c1ccc(NC(=O)c2nnc(COc3ccc(F)cc3)s2)cc1)c1ccccc1. The van der Waals surface area contributed by atoms with E-state index in [1.165, 1.54) is 24.3 Å². The number of nitrogens with zero attached hydrogens (tertiary/aromatic N) is 2. The molecule has 0 saturated carbocycles. The molecular weight excluding hydrogens is 455 g/mol. The Kier molecular flexibility index (Phi) is 7.24. The molecule has 1 aromatic heterocycles. The van der Waals surface area contributed by atoms with Crippen LogP contribution in [0.2, 0.25) is 0 Å². The van der Waals surface area contributed by atoms with Gasteiger partial charge in [-0.3, -0.25) is 9.59 Å². The summed E-state index contributed by atoms with van der Waals surface area (Å²) in [6.07, 6.45) is 0. The molecule has 0 bridgehead atoms. The van der Waals surface area contributed by atoms with Crippen molar-refractivity contribution in [1.82, 2.24) is 15.5 Å². The predicted molar refractivity (Wildman–Crippen MR) is 127 cm³/mol. The number of hydrogen-bond donors (Lipinski definition) is 2. The summed E-state index contributed by atoms with van der Waals surface area (Å²) < 4.78 is 18.5. The predicted octanol–water partition coefficient (Wildman–Crippen LogP) is 5.00. The number of aromatic nitrogens is 2. The first-order chi connectivity index (χ1) is 16.5. The van der Waals surface area contributed by atoms with Crippen LogP contribution in [0, 0.1) is 5.82 Å². The van der Waals surface area contributed by atoms with Crippen molar-refractivity contribution in [3.8, 4) is 5.75 Å². The van der Waals surface area contributed by atoms with Gasteiger partial charge in [-0.15, -0.1) is 10.2 Å². The second-order valence-electron chi connectivity index (χ2n) is 7.38. The molecule has 7 nitrogen and oxygen atoms in total. The van der Waals surface area contributed by atoms with Crippen LogP contribution in [0.15, 0.2) is 78.9 Å². The fourth-order valence-corrected chi connectivity index (χ4v) is 3.72. The highest BCUT2D eigenvalue weighted by molar-refractivity contribution is 7.13. The minimum Gasteiger partial charge on any atom is -0.486 e. The maximum atomic E-state index is 13.0. The molecule has 0 radical (unpaired) electrons. The van der Waals surface area contributed by atoms with E-state index in [4.69, 9.17) is 4.74 Å². The topological polar surface area (TPSA) is 93.2 Å². The average molecular weight is 477 g/mol. The van der Waals surface area contributed by atoms with E-state index in [9.17, 15) is 14.0 Å². The van der Waals surface area contributed by atoms with E-state index in [-0.39, 0.29) is 29.4 Å². The quantitative estimate of drug-likeness (QED) is 0.373. The second kappa shape index (κ2) is 10.7. The molecule has 1 heterocycles. The maximum absolute atomic E-state index is 13.0. The number of carbonyl (C=O) groups is 2. The smallest absolute Gasteiger partial charge is 0.286 e. The van der Waals surface area contributed by atoms with Gasteiger partial charge < -0.3 is 15.4 Å². The number of nitrogens with one attached hydrogen (secondary N) is 2. The summed E-state index contributed by atoms with van der Waals surface area (Å²) in [5.41, 5.74) is 2.02. The summed E-state index contributed by atoms with van der Waals surface area (Å²) in [6.45, 7) is 2.03. The number of hydrogen-bond acceptors (Lipinski definition) is 6. The van der Waals surface area contributed by atoms with Crippen molar-refractivity contribution in [2.45, 2.75) is 19.6 Å². The molecule has 0 unspecified atom stereocenters. The molecule has 9 heteroatoms. The zero-order chi connectivity index (χ0) is 23.9. The Labute approximate surface area is 199 Å². The fraction of sp³-hybridized carbons (Fsp3) is 0.120. The van der Waals surface area contributed by atoms with Gasteiger partial charge in [0.15, 0.2) is 5.01 Å². The number of anilines is 1. The zero-order valence-electron chi connectivity index (χ0n) is 18.2. The van der Waals surface area contributed by atoms with Crippen molar-refractivity contribution >= 4 is 28.8 Å². The average Bonchev–Trinajstić information content (AvgIpc) is 3.34. The molecular formula is C25H21FN4O3S. The summed E-state index contributed by atoms with van der Waals surface area (Å²) in [7, 11) is 0. The first-order valence-corrected chi connectivity index (χ1v) is 11.3. The zero-order valence-corrected chi connectivity index (χ0v) is 19.0. The monoisotopic (exact) mass is 476 g/mol. The van der Waals surface area contributed by atoms with Crippen LogP contribution < -0.4 is 15.4 Å². The number of halogens is 1. The summed E-state index contributed by atoms with van der Waals surface area (Å²) in [4.78, 5) is 25.0. The minimum absolute atomic E-state index is 0.113. The summed E-state index contributed by atoms with van der Waals surface area (Å²) in [6, 6.07) is 21.8. The van der Waals surface area contributed by atoms with Gasteiger partial charge in [-0.25, -0.2) is 4.39 Å². The molecule has 0 aliphatic rings. The van der Waals surface area contributed by atoms with Gasteiger partial charge >= 0.3 is 0 Å². The molecule has 4 aromatic rings. The van der Waals surface area contributed by atoms with Gasteiger partial charge in [0.1, 0.15) is 18.2 Å². The molecule has 0 fully saturated rings. The largest absolute Gasteiger partial charge is 0.486 e. The van der Waals surface area contributed by atoms with E-state index in [0.29, 0.717) is 22.0 Å². The summed E-state index contributed by atoms with van der Waals surface area (Å²) in [5, 5.41) is 14.2. The normalized spacial score (nSPS) is 11.5. The highest BCUT2D eigenvalue weighted by atomic mass is 32.1. The van der Waals surface area contributed by atoms with Crippen LogP contribution in [-0.4, -0.2) is 22.0 Å². The first-order valence-electron chi connectivity index (χ1n) is 10.5. The molecule has 1 atom stereocenters. The lowest BCUT2D eigenvalue weighted by atomic mass is 10.1. The molecule has 172 valence electrons. The Morgan fingerprint density at radius 2 is 1.65 bits per heavy atom. The highest BCUT2D eigenvalue weighted by Gasteiger charge is 2.15. The van der Waals surface area contributed by atoms with E-state index < -0.39 is 5.91 Å². The third kappa shape index (κ3) is 6.02. The summed E-state index contributed by atoms with van der Waals surface area (Å²) in [5.74, 6) is -0.480. The van der Waals surface area contributed by atoms with Crippen molar-refractivity contribution in [1.29, 1.82) is 0 Å². The van der Waals surface area contributed by atoms with Crippen LogP contribution in [0.3, 0.4) is 0 Å².